The summed E-state index contributed by atoms with van der Waals surface area (Å²) in [6, 6.07) is 0. The maximum atomic E-state index is 0. The normalized spacial score (nSPS) is 0. The summed E-state index contributed by atoms with van der Waals surface area (Å²) in [6.07, 6.45) is 0. The predicted molar refractivity (Wildman–Crippen MR) is 65.2 cm³/mol. The molecule has 12 N–H and O–H groups in total. The van der Waals surface area contributed by atoms with Gasteiger partial charge in [0.05, 0.1) is 0 Å². The Morgan fingerprint density at radius 3 is 0.231 bits per heavy atom. The van der Waals surface area contributed by atoms with E-state index in [-0.39, 0.29) is 128 Å². The Kier molecular flexibility index (Phi) is 25300. The summed E-state index contributed by atoms with van der Waals surface area (Å²) in [7, 11) is 0. The van der Waals surface area contributed by atoms with Gasteiger partial charge in [0.25, 0.3) is 0 Å². The minimum Gasteiger partial charge on any atom is -0.412 e. The largest absolute Gasteiger partial charge is 0.412 e. The average molecular weight is 522 g/mol. The first-order valence-corrected chi connectivity index (χ1v) is 0. The monoisotopic (exact) mass is 519 g/mol. The van der Waals surface area contributed by atoms with Crippen molar-refractivity contribution in [2.24, 2.45) is 0 Å². The van der Waals surface area contributed by atoms with Gasteiger partial charge in [-0.2, -0.15) is 0 Å². The Morgan fingerprint density at radius 1 is 0.231 bits per heavy atom. The molecule has 0 aromatic heterocycles. The third kappa shape index (κ3) is 440. The van der Waals surface area contributed by atoms with Gasteiger partial charge in [-0.25, -0.2) is 0 Å². The van der Waals surface area contributed by atoms with Crippen molar-refractivity contribution in [3.63, 3.8) is 0 Å². The first kappa shape index (κ1) is 638. The minimum absolute atomic E-state index is 0. The van der Waals surface area contributed by atoms with E-state index in [9.17, 15) is 0 Å². The van der Waals surface area contributed by atoms with Crippen LogP contribution in [0.25, 0.3) is 0 Å². The summed E-state index contributed by atoms with van der Waals surface area (Å²) < 4.78 is 0. The van der Waals surface area contributed by atoms with Crippen LogP contribution in [0.2, 0.25) is 0 Å². The molecule has 0 aliphatic carbocycles. The fourth-order valence-corrected chi connectivity index (χ4v) is 0. The summed E-state index contributed by atoms with van der Waals surface area (Å²) in [4.78, 5) is 0. The van der Waals surface area contributed by atoms with Crippen LogP contribution < -0.4 is 0 Å². The second-order valence-electron chi connectivity index (χ2n) is 0. The molecular formula is H18Cl6O6Pt. The van der Waals surface area contributed by atoms with Crippen LogP contribution in [0.4, 0.5) is 0 Å². The van der Waals surface area contributed by atoms with Crippen molar-refractivity contribution in [2.75, 3.05) is 0 Å². The molecule has 0 unspecified atom stereocenters. The van der Waals surface area contributed by atoms with E-state index in [4.69, 9.17) is 0 Å². The van der Waals surface area contributed by atoms with Crippen molar-refractivity contribution in [2.45, 2.75) is 0 Å². The van der Waals surface area contributed by atoms with Crippen LogP contribution in [0.1, 0.15) is 0 Å². The van der Waals surface area contributed by atoms with E-state index in [0.29, 0.717) is 0 Å². The quantitative estimate of drug-likeness (QED) is 0.328. The molecular weight excluding hydrogens is 504 g/mol. The Bertz CT molecular complexity index is 17.1. The molecule has 6 nitrogen and oxygen atoms in total. The van der Waals surface area contributed by atoms with Gasteiger partial charge < -0.3 is 32.9 Å². The van der Waals surface area contributed by atoms with Crippen LogP contribution in [0.5, 0.6) is 0 Å². The van der Waals surface area contributed by atoms with Gasteiger partial charge >= 0.3 is 0 Å². The van der Waals surface area contributed by atoms with Gasteiger partial charge in [0, 0.05) is 21.1 Å². The van der Waals surface area contributed by atoms with Crippen molar-refractivity contribution in [3.05, 3.63) is 0 Å². The molecule has 0 aromatic carbocycles. The Hall–Kier alpha value is 2.19. The maximum absolute atomic E-state index is 0. The van der Waals surface area contributed by atoms with E-state index in [1.807, 2.05) is 0 Å². The van der Waals surface area contributed by atoms with E-state index in [1.165, 1.54) is 0 Å². The van der Waals surface area contributed by atoms with Crippen LogP contribution in [-0.2, 0) is 21.1 Å². The molecule has 0 rings (SSSR count). The van der Waals surface area contributed by atoms with E-state index in [2.05, 4.69) is 0 Å². The molecule has 0 saturated heterocycles. The van der Waals surface area contributed by atoms with Gasteiger partial charge in [0.2, 0.25) is 0 Å². The number of rotatable bonds is 0. The van der Waals surface area contributed by atoms with Gasteiger partial charge in [-0.1, -0.05) is 0 Å². The Labute approximate surface area is 128 Å². The minimum atomic E-state index is 0. The molecule has 0 saturated carbocycles. The molecule has 0 aliphatic rings. The SMILES string of the molecule is Cl.Cl.Cl.Cl.Cl.Cl.O.O.O.O.O.O.[Pt]. The van der Waals surface area contributed by atoms with Crippen LogP contribution >= 0.6 is 74.4 Å². The molecule has 0 radical (unpaired) electrons. The predicted octanol–water partition coefficient (Wildman–Crippen LogP) is -2.42. The molecule has 13 heteroatoms. The van der Waals surface area contributed by atoms with Gasteiger partial charge in [-0.3, -0.25) is 0 Å². The summed E-state index contributed by atoms with van der Waals surface area (Å²) in [6.45, 7) is 0. The Morgan fingerprint density at radius 2 is 0.231 bits per heavy atom. The first-order valence-electron chi connectivity index (χ1n) is 0. The van der Waals surface area contributed by atoms with E-state index >= 15 is 0 Å². The molecule has 0 amide bonds. The fourth-order valence-electron chi connectivity index (χ4n) is 0. The zero-order chi connectivity index (χ0) is 0. The smallest absolute Gasteiger partial charge is 0 e. The number of halogens is 6. The fraction of sp³-hybridized carbons (Fsp3) is 0. The summed E-state index contributed by atoms with van der Waals surface area (Å²) in [5, 5.41) is 0. The molecule has 0 atom stereocenters. The van der Waals surface area contributed by atoms with Crippen LogP contribution in [0.3, 0.4) is 0 Å². The average Bonchev–Trinajstić information content (AvgIpc) is 0. The van der Waals surface area contributed by atoms with Gasteiger partial charge in [-0.05, 0) is 0 Å². The van der Waals surface area contributed by atoms with E-state index in [0.717, 1.165) is 0 Å². The molecule has 0 heterocycles. The van der Waals surface area contributed by atoms with Gasteiger partial charge in [0.1, 0.15) is 0 Å². The van der Waals surface area contributed by atoms with Crippen molar-refractivity contribution in [1.29, 1.82) is 0 Å². The maximum Gasteiger partial charge on any atom is 0 e. The summed E-state index contributed by atoms with van der Waals surface area (Å²) in [5.41, 5.74) is 0. The number of hydrogen-bond acceptors (Lipinski definition) is 0. The zero-order valence-corrected chi connectivity index (χ0v) is 12.9. The molecule has 0 bridgehead atoms. The summed E-state index contributed by atoms with van der Waals surface area (Å²) >= 11 is 0. The second kappa shape index (κ2) is 515. The Balaban J connectivity index is 0. The number of hydrogen-bond donors (Lipinski definition) is 0. The van der Waals surface area contributed by atoms with Crippen LogP contribution in [0.15, 0.2) is 0 Å². The zero-order valence-electron chi connectivity index (χ0n) is 5.77. The first-order chi connectivity index (χ1) is 0. The third-order valence-corrected chi connectivity index (χ3v) is 0. The molecule has 0 fully saturated rings. The molecule has 0 spiro atoms. The van der Waals surface area contributed by atoms with Gasteiger partial charge in [0.15, 0.2) is 0 Å². The topological polar surface area (TPSA) is 189 Å². The third-order valence-electron chi connectivity index (χ3n) is 0. The van der Waals surface area contributed by atoms with Gasteiger partial charge in [-0.15, -0.1) is 74.4 Å². The van der Waals surface area contributed by atoms with E-state index < -0.39 is 0 Å². The molecule has 106 valence electrons. The van der Waals surface area contributed by atoms with Crippen molar-refractivity contribution < 1.29 is 53.9 Å². The summed E-state index contributed by atoms with van der Waals surface area (Å²) in [5.74, 6) is 0. The van der Waals surface area contributed by atoms with Crippen LogP contribution in [-0.4, -0.2) is 32.9 Å². The van der Waals surface area contributed by atoms with Crippen molar-refractivity contribution in [1.82, 2.24) is 0 Å². The second-order valence-corrected chi connectivity index (χ2v) is 0. The van der Waals surface area contributed by atoms with Crippen molar-refractivity contribution >= 4 is 74.4 Å². The van der Waals surface area contributed by atoms with E-state index in [1.54, 1.807) is 0 Å². The molecule has 0 aliphatic heterocycles. The van der Waals surface area contributed by atoms with Crippen molar-refractivity contribution in [3.8, 4) is 0 Å². The molecule has 13 heavy (non-hydrogen) atoms. The van der Waals surface area contributed by atoms with Crippen LogP contribution in [0, 0.1) is 0 Å². The molecule has 0 aromatic rings. The standard InChI is InChI=1S/6ClH.6H2O.Pt/h6*1H;6*1H2;.